The van der Waals surface area contributed by atoms with E-state index in [0.29, 0.717) is 0 Å². The Labute approximate surface area is 210 Å². The molecule has 2 N–H and O–H groups in total. The van der Waals surface area contributed by atoms with Crippen molar-refractivity contribution in [3.8, 4) is 0 Å². The smallest absolute Gasteiger partial charge is 0.263 e. The predicted molar refractivity (Wildman–Crippen MR) is 144 cm³/mol. The lowest BCUT2D eigenvalue weighted by atomic mass is 9.83. The summed E-state index contributed by atoms with van der Waals surface area (Å²) in [5.74, 6) is -0.935. The highest BCUT2D eigenvalue weighted by molar-refractivity contribution is 7.80. The maximum Gasteiger partial charge on any atom is 0.263 e. The molecule has 2 amide bonds. The van der Waals surface area contributed by atoms with Crippen LogP contribution >= 0.6 is 12.2 Å². The Hall–Kier alpha value is -3.77. The Morgan fingerprint density at radius 3 is 2.26 bits per heavy atom. The van der Waals surface area contributed by atoms with Crippen LogP contribution in [0.5, 0.6) is 0 Å². The van der Waals surface area contributed by atoms with E-state index >= 15 is 0 Å². The predicted octanol–water partition coefficient (Wildman–Crippen LogP) is 4.93. The summed E-state index contributed by atoms with van der Waals surface area (Å²) in [7, 11) is 2.11. The van der Waals surface area contributed by atoms with Crippen LogP contribution in [-0.2, 0) is 15.0 Å². The monoisotopic (exact) mass is 481 g/mol. The van der Waals surface area contributed by atoms with Gasteiger partial charge in [0.05, 0.1) is 0 Å². The second kappa shape index (κ2) is 8.78. The Morgan fingerprint density at radius 1 is 0.914 bits per heavy atom. The Kier molecular flexibility index (Phi) is 5.77. The van der Waals surface area contributed by atoms with Crippen LogP contribution < -0.4 is 15.5 Å². The van der Waals surface area contributed by atoms with E-state index in [1.807, 2.05) is 18.2 Å². The van der Waals surface area contributed by atoms with Crippen molar-refractivity contribution in [3.63, 3.8) is 0 Å². The number of para-hydroxylation sites is 1. The number of fused-ring (bicyclic) bond motifs is 1. The van der Waals surface area contributed by atoms with Gasteiger partial charge in [0.2, 0.25) is 0 Å². The first-order valence-corrected chi connectivity index (χ1v) is 12.1. The van der Waals surface area contributed by atoms with Gasteiger partial charge in [-0.15, -0.1) is 0 Å². The molecular formula is C29H27N3O2S. The number of rotatable bonds is 3. The summed E-state index contributed by atoms with van der Waals surface area (Å²) in [6.07, 6.45) is 7.69. The lowest BCUT2D eigenvalue weighted by Crippen LogP contribution is -2.51. The van der Waals surface area contributed by atoms with Crippen LogP contribution in [0.15, 0.2) is 95.2 Å². The molecule has 2 aromatic carbocycles. The molecule has 2 aliphatic heterocycles. The maximum absolute atomic E-state index is 12.5. The zero-order chi connectivity index (χ0) is 24.7. The van der Waals surface area contributed by atoms with Crippen molar-refractivity contribution in [2.75, 3.05) is 11.9 Å². The van der Waals surface area contributed by atoms with Crippen molar-refractivity contribution in [2.24, 2.45) is 0 Å². The Balaban J connectivity index is 1.59. The lowest BCUT2D eigenvalue weighted by molar-refractivity contribution is -0.123. The minimum atomic E-state index is -0.467. The molecule has 1 aliphatic carbocycles. The standard InChI is InChI=1S/C29H27N3O2S/c1-29(2)22-11-7-8-12-23(22)32(3)24(29)16-15-19-13-14-20(25(19)18-9-5-4-6-10-18)17-21-26(33)30-28(35)31-27(21)34/h4-12,15-17H,13-14H2,1-3H3,(H2,30,31,33,34,35). The third-order valence-corrected chi connectivity index (χ3v) is 7.22. The molecule has 0 radical (unpaired) electrons. The number of carbonyl (C=O) groups is 2. The molecule has 3 aliphatic rings. The van der Waals surface area contributed by atoms with E-state index in [9.17, 15) is 9.59 Å². The second-order valence-electron chi connectivity index (χ2n) is 9.51. The number of nitrogens with zero attached hydrogens (tertiary/aromatic N) is 1. The number of hydrogen-bond acceptors (Lipinski definition) is 4. The molecule has 5 rings (SSSR count). The van der Waals surface area contributed by atoms with Gasteiger partial charge in [-0.2, -0.15) is 0 Å². The number of nitrogens with one attached hydrogen (secondary N) is 2. The number of anilines is 1. The van der Waals surface area contributed by atoms with E-state index in [2.05, 4.69) is 85.0 Å². The summed E-state index contributed by atoms with van der Waals surface area (Å²) < 4.78 is 0. The van der Waals surface area contributed by atoms with Gasteiger partial charge in [-0.25, -0.2) is 0 Å². The third-order valence-electron chi connectivity index (χ3n) is 7.01. The van der Waals surface area contributed by atoms with Crippen LogP contribution in [0.4, 0.5) is 5.69 Å². The van der Waals surface area contributed by atoms with E-state index in [0.717, 1.165) is 29.6 Å². The van der Waals surface area contributed by atoms with E-state index < -0.39 is 11.8 Å². The van der Waals surface area contributed by atoms with Gasteiger partial charge in [0.25, 0.3) is 11.8 Å². The molecule has 2 heterocycles. The van der Waals surface area contributed by atoms with E-state index in [1.165, 1.54) is 22.5 Å². The molecule has 0 unspecified atom stereocenters. The fourth-order valence-corrected chi connectivity index (χ4v) is 5.46. The summed E-state index contributed by atoms with van der Waals surface area (Å²) >= 11 is 4.93. The van der Waals surface area contributed by atoms with Gasteiger partial charge in [0.15, 0.2) is 5.11 Å². The van der Waals surface area contributed by atoms with Gasteiger partial charge in [-0.1, -0.05) is 68.5 Å². The molecule has 0 atom stereocenters. The number of likely N-dealkylation sites (N-methyl/N-ethyl adjacent to an activating group) is 1. The molecule has 5 nitrogen and oxygen atoms in total. The number of thiocarbonyl (C=S) groups is 1. The minimum Gasteiger partial charge on any atom is -0.347 e. The first kappa shape index (κ1) is 23.0. The third kappa shape index (κ3) is 4.04. The number of carbonyl (C=O) groups excluding carboxylic acids is 2. The van der Waals surface area contributed by atoms with Crippen LogP contribution in [0.25, 0.3) is 5.57 Å². The van der Waals surface area contributed by atoms with Crippen LogP contribution in [0.3, 0.4) is 0 Å². The molecule has 35 heavy (non-hydrogen) atoms. The molecule has 0 spiro atoms. The minimum absolute atomic E-state index is 0.0392. The Morgan fingerprint density at radius 2 is 1.57 bits per heavy atom. The zero-order valence-corrected chi connectivity index (χ0v) is 20.8. The average molecular weight is 482 g/mol. The van der Waals surface area contributed by atoms with E-state index in [1.54, 1.807) is 6.08 Å². The van der Waals surface area contributed by atoms with Gasteiger partial charge in [0.1, 0.15) is 5.57 Å². The highest BCUT2D eigenvalue weighted by Gasteiger charge is 2.38. The molecular weight excluding hydrogens is 454 g/mol. The van der Waals surface area contributed by atoms with E-state index in [-0.39, 0.29) is 16.1 Å². The lowest BCUT2D eigenvalue weighted by Gasteiger charge is -2.24. The molecule has 2 aromatic rings. The molecule has 1 saturated heterocycles. The fraction of sp³-hybridized carbons (Fsp3) is 0.207. The fourth-order valence-electron chi connectivity index (χ4n) is 5.27. The number of hydrogen-bond donors (Lipinski definition) is 2. The van der Waals surface area contributed by atoms with Crippen molar-refractivity contribution < 1.29 is 9.59 Å². The largest absolute Gasteiger partial charge is 0.347 e. The SMILES string of the molecule is CN1C(=CC=C2CCC(C=C3C(=O)NC(=S)NC3=O)=C2c2ccccc2)C(C)(C)c2ccccc21. The first-order chi connectivity index (χ1) is 16.8. The van der Waals surface area contributed by atoms with Crippen molar-refractivity contribution in [2.45, 2.75) is 32.1 Å². The number of amides is 2. The number of allylic oxidation sites excluding steroid dienone is 7. The molecule has 176 valence electrons. The van der Waals surface area contributed by atoms with Gasteiger partial charge in [-0.05, 0) is 71.1 Å². The summed E-state index contributed by atoms with van der Waals surface area (Å²) in [5, 5.41) is 5.09. The second-order valence-corrected chi connectivity index (χ2v) is 9.91. The summed E-state index contributed by atoms with van der Waals surface area (Å²) in [5.41, 5.74) is 8.02. The molecule has 1 fully saturated rings. The van der Waals surface area contributed by atoms with Crippen molar-refractivity contribution in [3.05, 3.63) is 106 Å². The molecule has 0 bridgehead atoms. The van der Waals surface area contributed by atoms with Crippen molar-refractivity contribution >= 4 is 40.4 Å². The maximum atomic E-state index is 12.5. The van der Waals surface area contributed by atoms with Gasteiger partial charge < -0.3 is 4.90 Å². The highest BCUT2D eigenvalue weighted by atomic mass is 32.1. The van der Waals surface area contributed by atoms with Crippen molar-refractivity contribution in [1.29, 1.82) is 0 Å². The van der Waals surface area contributed by atoms with Gasteiger partial charge >= 0.3 is 0 Å². The molecule has 0 aromatic heterocycles. The average Bonchev–Trinajstić information content (AvgIpc) is 3.31. The van der Waals surface area contributed by atoms with Gasteiger partial charge in [0, 0.05) is 23.8 Å². The summed E-state index contributed by atoms with van der Waals surface area (Å²) in [6.45, 7) is 4.51. The zero-order valence-electron chi connectivity index (χ0n) is 20.0. The molecule has 6 heteroatoms. The first-order valence-electron chi connectivity index (χ1n) is 11.7. The Bertz CT molecular complexity index is 1360. The van der Waals surface area contributed by atoms with Crippen LogP contribution in [0.2, 0.25) is 0 Å². The summed E-state index contributed by atoms with van der Waals surface area (Å²) in [6, 6.07) is 18.6. The van der Waals surface area contributed by atoms with Gasteiger partial charge in [-0.3, -0.25) is 20.2 Å². The van der Waals surface area contributed by atoms with E-state index in [4.69, 9.17) is 12.2 Å². The molecule has 0 saturated carbocycles. The highest BCUT2D eigenvalue weighted by Crippen LogP contribution is 2.47. The summed E-state index contributed by atoms with van der Waals surface area (Å²) in [4.78, 5) is 27.2. The number of benzene rings is 2. The van der Waals surface area contributed by atoms with Crippen molar-refractivity contribution in [1.82, 2.24) is 10.6 Å². The normalized spacial score (nSPS) is 21.5. The van der Waals surface area contributed by atoms with Crippen LogP contribution in [-0.4, -0.2) is 24.0 Å². The van der Waals surface area contributed by atoms with Crippen LogP contribution in [0, 0.1) is 0 Å². The topological polar surface area (TPSA) is 61.4 Å². The van der Waals surface area contributed by atoms with Crippen LogP contribution in [0.1, 0.15) is 37.8 Å². The quantitative estimate of drug-likeness (QED) is 0.371.